The van der Waals surface area contributed by atoms with Gasteiger partial charge < -0.3 is 5.32 Å². The summed E-state index contributed by atoms with van der Waals surface area (Å²) in [4.78, 5) is 28.9. The van der Waals surface area contributed by atoms with Crippen LogP contribution in [0.25, 0.3) is 0 Å². The molecule has 2 heterocycles. The van der Waals surface area contributed by atoms with E-state index in [1.807, 2.05) is 12.3 Å². The number of urea groups is 1. The molecule has 0 aromatic carbocycles. The van der Waals surface area contributed by atoms with Gasteiger partial charge in [-0.15, -0.1) is 11.3 Å². The van der Waals surface area contributed by atoms with Crippen molar-refractivity contribution in [3.63, 3.8) is 0 Å². The third-order valence-electron chi connectivity index (χ3n) is 2.35. The first-order valence-electron chi connectivity index (χ1n) is 5.26. The molecule has 0 saturated carbocycles. The molecule has 5 nitrogen and oxygen atoms in total. The SMILES string of the molecule is Cc1csc(S[C@@H](C)C(=O)N2CCNC2=O)n1. The molecule has 0 unspecified atom stereocenters. The molecule has 3 amide bonds. The molecule has 1 aromatic rings. The molecule has 1 aliphatic heterocycles. The standard InChI is InChI=1S/C10H13N3O2S2/c1-6-5-16-10(12-6)17-7(2)8(14)13-4-3-11-9(13)15/h5,7H,3-4H2,1-2H3,(H,11,15)/t7-/m0/s1. The lowest BCUT2D eigenvalue weighted by atomic mass is 10.4. The second kappa shape index (κ2) is 5.05. The Morgan fingerprint density at radius 2 is 2.47 bits per heavy atom. The molecule has 0 aliphatic carbocycles. The highest BCUT2D eigenvalue weighted by Crippen LogP contribution is 2.27. The number of nitrogens with zero attached hydrogens (tertiary/aromatic N) is 2. The third-order valence-corrected chi connectivity index (χ3v) is 4.52. The average Bonchev–Trinajstić information content (AvgIpc) is 2.86. The van der Waals surface area contributed by atoms with Crippen molar-refractivity contribution < 1.29 is 9.59 Å². The zero-order valence-corrected chi connectivity index (χ0v) is 11.2. The summed E-state index contributed by atoms with van der Waals surface area (Å²) in [6, 6.07) is -0.294. The number of hydrogen-bond donors (Lipinski definition) is 1. The minimum Gasteiger partial charge on any atom is -0.336 e. The Balaban J connectivity index is 1.97. The number of carbonyl (C=O) groups excluding carboxylic acids is 2. The first-order valence-corrected chi connectivity index (χ1v) is 7.02. The van der Waals surface area contributed by atoms with Gasteiger partial charge in [-0.25, -0.2) is 9.78 Å². The van der Waals surface area contributed by atoms with E-state index in [1.165, 1.54) is 28.0 Å². The molecule has 1 atom stereocenters. The van der Waals surface area contributed by atoms with E-state index in [4.69, 9.17) is 0 Å². The van der Waals surface area contributed by atoms with E-state index in [1.54, 1.807) is 6.92 Å². The van der Waals surface area contributed by atoms with Gasteiger partial charge in [-0.1, -0.05) is 11.8 Å². The summed E-state index contributed by atoms with van der Waals surface area (Å²) < 4.78 is 0.864. The van der Waals surface area contributed by atoms with E-state index >= 15 is 0 Å². The fourth-order valence-corrected chi connectivity index (χ4v) is 3.54. The molecule has 1 aromatic heterocycles. The van der Waals surface area contributed by atoms with Gasteiger partial charge >= 0.3 is 6.03 Å². The first-order chi connectivity index (χ1) is 8.08. The lowest BCUT2D eigenvalue weighted by Crippen LogP contribution is -2.38. The van der Waals surface area contributed by atoms with E-state index in [0.717, 1.165) is 10.0 Å². The summed E-state index contributed by atoms with van der Waals surface area (Å²) >= 11 is 2.92. The van der Waals surface area contributed by atoms with Crippen molar-refractivity contribution in [2.45, 2.75) is 23.4 Å². The summed E-state index contributed by atoms with van der Waals surface area (Å²) in [6.07, 6.45) is 0. The maximum absolute atomic E-state index is 12.0. The summed E-state index contributed by atoms with van der Waals surface area (Å²) in [7, 11) is 0. The number of rotatable bonds is 3. The summed E-state index contributed by atoms with van der Waals surface area (Å²) in [5, 5.41) is 4.28. The zero-order chi connectivity index (χ0) is 12.4. The van der Waals surface area contributed by atoms with Crippen molar-refractivity contribution in [2.24, 2.45) is 0 Å². The molecule has 0 bridgehead atoms. The van der Waals surface area contributed by atoms with Crippen LogP contribution in [0.3, 0.4) is 0 Å². The lowest BCUT2D eigenvalue weighted by Gasteiger charge is -2.16. The number of thioether (sulfide) groups is 1. The van der Waals surface area contributed by atoms with Gasteiger partial charge in [0.05, 0.1) is 5.25 Å². The van der Waals surface area contributed by atoms with Crippen LogP contribution < -0.4 is 5.32 Å². The third kappa shape index (κ3) is 2.78. The van der Waals surface area contributed by atoms with Gasteiger partial charge in [-0.3, -0.25) is 9.69 Å². The van der Waals surface area contributed by atoms with Gasteiger partial charge in [0, 0.05) is 24.2 Å². The van der Waals surface area contributed by atoms with E-state index in [-0.39, 0.29) is 17.2 Å². The van der Waals surface area contributed by atoms with Gasteiger partial charge in [0.15, 0.2) is 4.34 Å². The monoisotopic (exact) mass is 271 g/mol. The normalized spacial score (nSPS) is 17.1. The molecule has 17 heavy (non-hydrogen) atoms. The van der Waals surface area contributed by atoms with Crippen LogP contribution in [0.4, 0.5) is 4.79 Å². The molecule has 1 N–H and O–H groups in total. The van der Waals surface area contributed by atoms with Crippen molar-refractivity contribution in [1.82, 2.24) is 15.2 Å². The van der Waals surface area contributed by atoms with Gasteiger partial charge in [0.1, 0.15) is 0 Å². The molecule has 0 radical (unpaired) electrons. The Morgan fingerprint density at radius 1 is 1.71 bits per heavy atom. The van der Waals surface area contributed by atoms with Crippen LogP contribution in [0.15, 0.2) is 9.72 Å². The smallest absolute Gasteiger partial charge is 0.324 e. The molecular formula is C10H13N3O2S2. The van der Waals surface area contributed by atoms with Crippen LogP contribution >= 0.6 is 23.1 Å². The van der Waals surface area contributed by atoms with Crippen molar-refractivity contribution >= 4 is 35.0 Å². The Hall–Kier alpha value is -1.08. The Morgan fingerprint density at radius 3 is 3.00 bits per heavy atom. The predicted molar refractivity (Wildman–Crippen MR) is 67.3 cm³/mol. The zero-order valence-electron chi connectivity index (χ0n) is 9.60. The van der Waals surface area contributed by atoms with Crippen LogP contribution in [0.1, 0.15) is 12.6 Å². The van der Waals surface area contributed by atoms with Gasteiger partial charge in [-0.05, 0) is 13.8 Å². The van der Waals surface area contributed by atoms with Crippen molar-refractivity contribution in [1.29, 1.82) is 0 Å². The second-order valence-electron chi connectivity index (χ2n) is 3.74. The van der Waals surface area contributed by atoms with E-state index in [9.17, 15) is 9.59 Å². The summed E-state index contributed by atoms with van der Waals surface area (Å²) in [6.45, 7) is 4.72. The highest BCUT2D eigenvalue weighted by atomic mass is 32.2. The van der Waals surface area contributed by atoms with E-state index < -0.39 is 0 Å². The van der Waals surface area contributed by atoms with E-state index in [0.29, 0.717) is 13.1 Å². The quantitative estimate of drug-likeness (QED) is 0.846. The maximum atomic E-state index is 12.0. The molecular weight excluding hydrogens is 258 g/mol. The maximum Gasteiger partial charge on any atom is 0.324 e. The minimum atomic E-state index is -0.294. The number of imide groups is 1. The summed E-state index contributed by atoms with van der Waals surface area (Å²) in [5.41, 5.74) is 0.955. The van der Waals surface area contributed by atoms with Crippen LogP contribution in [-0.4, -0.2) is 40.2 Å². The molecule has 0 spiro atoms. The molecule has 1 aliphatic rings. The van der Waals surface area contributed by atoms with Crippen LogP contribution in [0.5, 0.6) is 0 Å². The second-order valence-corrected chi connectivity index (χ2v) is 6.18. The number of nitrogens with one attached hydrogen (secondary N) is 1. The Bertz CT molecular complexity index is 447. The highest BCUT2D eigenvalue weighted by molar-refractivity contribution is 8.02. The van der Waals surface area contributed by atoms with Crippen LogP contribution in [0, 0.1) is 6.92 Å². The molecule has 7 heteroatoms. The van der Waals surface area contributed by atoms with Crippen LogP contribution in [0.2, 0.25) is 0 Å². The van der Waals surface area contributed by atoms with Crippen LogP contribution in [-0.2, 0) is 4.79 Å². The van der Waals surface area contributed by atoms with Crippen molar-refractivity contribution in [3.8, 4) is 0 Å². The fourth-order valence-electron chi connectivity index (χ4n) is 1.49. The molecule has 1 fully saturated rings. The largest absolute Gasteiger partial charge is 0.336 e. The number of hydrogen-bond acceptors (Lipinski definition) is 5. The Labute approximate surface area is 108 Å². The lowest BCUT2D eigenvalue weighted by molar-refractivity contribution is -0.126. The van der Waals surface area contributed by atoms with Crippen molar-refractivity contribution in [2.75, 3.05) is 13.1 Å². The first kappa shape index (κ1) is 12.4. The molecule has 2 rings (SSSR count). The summed E-state index contributed by atoms with van der Waals surface area (Å²) in [5.74, 6) is -0.155. The highest BCUT2D eigenvalue weighted by Gasteiger charge is 2.30. The number of aryl methyl sites for hydroxylation is 1. The topological polar surface area (TPSA) is 62.3 Å². The van der Waals surface area contributed by atoms with Gasteiger partial charge in [-0.2, -0.15) is 0 Å². The van der Waals surface area contributed by atoms with Gasteiger partial charge in [0.2, 0.25) is 5.91 Å². The predicted octanol–water partition coefficient (Wildman–Crippen LogP) is 1.48. The van der Waals surface area contributed by atoms with Crippen molar-refractivity contribution in [3.05, 3.63) is 11.1 Å². The number of thiazole rings is 1. The number of carbonyl (C=O) groups is 2. The molecule has 92 valence electrons. The van der Waals surface area contributed by atoms with Gasteiger partial charge in [0.25, 0.3) is 0 Å². The molecule has 1 saturated heterocycles. The van der Waals surface area contributed by atoms with E-state index in [2.05, 4.69) is 10.3 Å². The fraction of sp³-hybridized carbons (Fsp3) is 0.500. The number of aromatic nitrogens is 1. The minimum absolute atomic E-state index is 0.155. The average molecular weight is 271 g/mol. The number of amides is 3. The Kier molecular flexibility index (Phi) is 3.68.